The molecule has 134 valence electrons. The highest BCUT2D eigenvalue weighted by Crippen LogP contribution is 2.26. The maximum atomic E-state index is 11.6. The molecule has 1 aromatic carbocycles. The summed E-state index contributed by atoms with van der Waals surface area (Å²) in [7, 11) is 0. The molecule has 1 aromatic rings. The van der Waals surface area contributed by atoms with Crippen molar-refractivity contribution in [2.45, 2.75) is 0 Å². The Morgan fingerprint density at radius 3 is 1.22 bits per heavy atom. The molecule has 1 N–H and O–H groups in total. The van der Waals surface area contributed by atoms with Crippen LogP contribution in [0.4, 0.5) is 11.4 Å². The van der Waals surface area contributed by atoms with Crippen LogP contribution in [0.1, 0.15) is 0 Å². The van der Waals surface area contributed by atoms with Crippen LogP contribution < -0.4 is 15.1 Å². The second kappa shape index (κ2) is 7.00. The molecule has 3 aliphatic rings. The van der Waals surface area contributed by atoms with Gasteiger partial charge >= 0.3 is 0 Å². The molecule has 6 amide bonds. The number of imide groups is 3. The van der Waals surface area contributed by atoms with Crippen molar-refractivity contribution in [3.05, 3.63) is 60.7 Å². The Labute approximate surface area is 152 Å². The lowest BCUT2D eigenvalue weighted by Crippen LogP contribution is -2.31. The van der Waals surface area contributed by atoms with Gasteiger partial charge in [-0.05, 0) is 18.2 Å². The highest BCUT2D eigenvalue weighted by atomic mass is 16.2. The minimum absolute atomic E-state index is 0.315. The van der Waals surface area contributed by atoms with Crippen LogP contribution in [0.15, 0.2) is 60.7 Å². The van der Waals surface area contributed by atoms with E-state index in [0.717, 1.165) is 9.80 Å². The van der Waals surface area contributed by atoms with Crippen molar-refractivity contribution in [1.29, 1.82) is 0 Å². The second-order valence-corrected chi connectivity index (χ2v) is 5.40. The largest absolute Gasteiger partial charge is 0.289 e. The standard InChI is InChI=1S/C14H8N2O4.C4H3NO2/c17-11-4-5-12(18)15(11)9-2-1-3-10(8-9)16-13(19)6-7-14(16)20;6-3-1-2-4(7)5-3/h1-8H;1-2H,(H,5,6,7). The van der Waals surface area contributed by atoms with E-state index < -0.39 is 23.6 Å². The topological polar surface area (TPSA) is 121 Å². The highest BCUT2D eigenvalue weighted by molar-refractivity contribution is 6.30. The van der Waals surface area contributed by atoms with Crippen LogP contribution in [0.25, 0.3) is 0 Å². The van der Waals surface area contributed by atoms with Gasteiger partial charge in [-0.15, -0.1) is 0 Å². The third kappa shape index (κ3) is 3.61. The number of carbonyl (C=O) groups excluding carboxylic acids is 6. The van der Waals surface area contributed by atoms with Crippen LogP contribution in [0.5, 0.6) is 0 Å². The fraction of sp³-hybridized carbons (Fsp3) is 0. The number of anilines is 2. The third-order valence-corrected chi connectivity index (χ3v) is 3.60. The molecule has 0 spiro atoms. The van der Waals surface area contributed by atoms with E-state index >= 15 is 0 Å². The Morgan fingerprint density at radius 2 is 0.926 bits per heavy atom. The number of amides is 6. The first-order valence-electron chi connectivity index (χ1n) is 7.62. The van der Waals surface area contributed by atoms with E-state index in [9.17, 15) is 28.8 Å². The number of carbonyl (C=O) groups is 6. The zero-order valence-electron chi connectivity index (χ0n) is 13.6. The summed E-state index contributed by atoms with van der Waals surface area (Å²) in [5.74, 6) is -2.47. The van der Waals surface area contributed by atoms with Crippen molar-refractivity contribution in [3.8, 4) is 0 Å². The van der Waals surface area contributed by atoms with Gasteiger partial charge in [0.2, 0.25) is 0 Å². The maximum Gasteiger partial charge on any atom is 0.258 e. The van der Waals surface area contributed by atoms with Crippen LogP contribution in [-0.2, 0) is 28.8 Å². The van der Waals surface area contributed by atoms with Gasteiger partial charge in [-0.3, -0.25) is 34.1 Å². The highest BCUT2D eigenvalue weighted by Gasteiger charge is 2.28. The van der Waals surface area contributed by atoms with Crippen molar-refractivity contribution < 1.29 is 28.8 Å². The van der Waals surface area contributed by atoms with Crippen molar-refractivity contribution in [2.24, 2.45) is 0 Å². The van der Waals surface area contributed by atoms with E-state index in [1.54, 1.807) is 18.2 Å². The zero-order valence-corrected chi connectivity index (χ0v) is 13.6. The molecular weight excluding hydrogens is 354 g/mol. The van der Waals surface area contributed by atoms with Gasteiger partial charge in [0.15, 0.2) is 0 Å². The number of nitrogens with zero attached hydrogens (tertiary/aromatic N) is 2. The molecule has 27 heavy (non-hydrogen) atoms. The van der Waals surface area contributed by atoms with Crippen molar-refractivity contribution in [3.63, 3.8) is 0 Å². The fourth-order valence-electron chi connectivity index (χ4n) is 2.44. The first-order chi connectivity index (χ1) is 12.9. The molecule has 0 radical (unpaired) electrons. The van der Waals surface area contributed by atoms with E-state index in [4.69, 9.17) is 0 Å². The quantitative estimate of drug-likeness (QED) is 0.721. The Morgan fingerprint density at radius 1 is 0.556 bits per heavy atom. The third-order valence-electron chi connectivity index (χ3n) is 3.60. The molecule has 0 bridgehead atoms. The van der Waals surface area contributed by atoms with Gasteiger partial charge in [0.05, 0.1) is 11.4 Å². The molecule has 9 heteroatoms. The smallest absolute Gasteiger partial charge is 0.258 e. The monoisotopic (exact) mass is 365 g/mol. The van der Waals surface area contributed by atoms with Gasteiger partial charge in [0.1, 0.15) is 0 Å². The number of hydrogen-bond acceptors (Lipinski definition) is 6. The van der Waals surface area contributed by atoms with Gasteiger partial charge in [0.25, 0.3) is 35.4 Å². The van der Waals surface area contributed by atoms with Crippen LogP contribution in [-0.4, -0.2) is 35.4 Å². The van der Waals surface area contributed by atoms with E-state index in [1.165, 1.54) is 42.5 Å². The first-order valence-corrected chi connectivity index (χ1v) is 7.62. The molecule has 4 rings (SSSR count). The predicted octanol–water partition coefficient (Wildman–Crippen LogP) is -0.256. The van der Waals surface area contributed by atoms with Crippen molar-refractivity contribution >= 4 is 46.8 Å². The Hall–Kier alpha value is -4.14. The minimum Gasteiger partial charge on any atom is -0.289 e. The second-order valence-electron chi connectivity index (χ2n) is 5.40. The Balaban J connectivity index is 0.000000253. The molecule has 9 nitrogen and oxygen atoms in total. The van der Waals surface area contributed by atoms with Crippen LogP contribution >= 0.6 is 0 Å². The Kier molecular flexibility index (Phi) is 4.58. The molecule has 0 saturated heterocycles. The van der Waals surface area contributed by atoms with E-state index in [0.29, 0.717) is 11.4 Å². The SMILES string of the molecule is O=C1C=CC(=O)N1.O=C1C=CC(=O)N1c1cccc(N2C(=O)C=CC2=O)c1. The molecule has 3 heterocycles. The van der Waals surface area contributed by atoms with Gasteiger partial charge in [-0.1, -0.05) is 6.07 Å². The summed E-state index contributed by atoms with van der Waals surface area (Å²) in [5.41, 5.74) is 0.630. The average molecular weight is 365 g/mol. The predicted molar refractivity (Wildman–Crippen MR) is 92.0 cm³/mol. The van der Waals surface area contributed by atoms with Crippen molar-refractivity contribution in [1.82, 2.24) is 5.32 Å². The summed E-state index contributed by atoms with van der Waals surface area (Å²) in [5, 5.41) is 2.03. The minimum atomic E-state index is -0.454. The number of hydrogen-bond donors (Lipinski definition) is 1. The van der Waals surface area contributed by atoms with Crippen molar-refractivity contribution in [2.75, 3.05) is 9.80 Å². The van der Waals surface area contributed by atoms with Gasteiger partial charge in [-0.25, -0.2) is 9.80 Å². The van der Waals surface area contributed by atoms with Gasteiger partial charge in [0, 0.05) is 36.5 Å². The zero-order chi connectivity index (χ0) is 19.6. The number of rotatable bonds is 2. The lowest BCUT2D eigenvalue weighted by atomic mass is 10.2. The van der Waals surface area contributed by atoms with E-state index in [1.807, 2.05) is 5.32 Å². The van der Waals surface area contributed by atoms with E-state index in [2.05, 4.69) is 0 Å². The normalized spacial score (nSPS) is 17.8. The molecule has 0 saturated carbocycles. The van der Waals surface area contributed by atoms with Crippen LogP contribution in [0.3, 0.4) is 0 Å². The van der Waals surface area contributed by atoms with Gasteiger partial charge in [-0.2, -0.15) is 0 Å². The number of nitrogens with one attached hydrogen (secondary N) is 1. The summed E-state index contributed by atoms with van der Waals surface area (Å²) in [6.45, 7) is 0. The summed E-state index contributed by atoms with van der Waals surface area (Å²) in [6.07, 6.45) is 7.07. The average Bonchev–Trinajstić information content (AvgIpc) is 3.28. The lowest BCUT2D eigenvalue weighted by Gasteiger charge is -2.18. The maximum absolute atomic E-state index is 11.6. The Bertz CT molecular complexity index is 879. The summed E-state index contributed by atoms with van der Waals surface area (Å²) in [6, 6.07) is 6.14. The van der Waals surface area contributed by atoms with Crippen LogP contribution in [0, 0.1) is 0 Å². The lowest BCUT2D eigenvalue weighted by molar-refractivity contribution is -0.124. The summed E-state index contributed by atoms with van der Waals surface area (Å²) in [4.78, 5) is 68.4. The molecular formula is C18H11N3O6. The first kappa shape index (κ1) is 17.7. The van der Waals surface area contributed by atoms with Crippen LogP contribution in [0.2, 0.25) is 0 Å². The fourth-order valence-corrected chi connectivity index (χ4v) is 2.44. The molecule has 0 atom stereocenters. The molecule has 0 aromatic heterocycles. The van der Waals surface area contributed by atoms with E-state index in [-0.39, 0.29) is 11.8 Å². The summed E-state index contributed by atoms with van der Waals surface area (Å²) >= 11 is 0. The molecule has 3 aliphatic heterocycles. The summed E-state index contributed by atoms with van der Waals surface area (Å²) < 4.78 is 0. The molecule has 0 aliphatic carbocycles. The van der Waals surface area contributed by atoms with Gasteiger partial charge < -0.3 is 0 Å². The molecule has 0 fully saturated rings. The number of benzene rings is 1. The molecule has 0 unspecified atom stereocenters.